The van der Waals surface area contributed by atoms with Crippen LogP contribution in [0.5, 0.6) is 11.5 Å². The van der Waals surface area contributed by atoms with Gasteiger partial charge in [0.1, 0.15) is 23.1 Å². The van der Waals surface area contributed by atoms with Gasteiger partial charge in [-0.3, -0.25) is 19.4 Å². The summed E-state index contributed by atoms with van der Waals surface area (Å²) in [7, 11) is 5.22. The number of amides is 1. The first kappa shape index (κ1) is 35.4. The number of benzene rings is 2. The summed E-state index contributed by atoms with van der Waals surface area (Å²) in [5.41, 5.74) is 8.71. The fourth-order valence-corrected chi connectivity index (χ4v) is 7.84. The molecule has 2 fully saturated rings. The van der Waals surface area contributed by atoms with E-state index in [0.717, 1.165) is 91.3 Å². The summed E-state index contributed by atoms with van der Waals surface area (Å²) in [5, 5.41) is 9.70. The van der Waals surface area contributed by atoms with E-state index >= 15 is 0 Å². The quantitative estimate of drug-likeness (QED) is 0.216. The van der Waals surface area contributed by atoms with Crippen molar-refractivity contribution >= 4 is 5.91 Å². The Morgan fingerprint density at radius 2 is 1.72 bits per heavy atom. The number of allylic oxidation sites excluding steroid dienone is 1. The van der Waals surface area contributed by atoms with E-state index < -0.39 is 0 Å². The largest absolute Gasteiger partial charge is 0.496 e. The predicted octanol–water partition coefficient (Wildman–Crippen LogP) is 5.92. The lowest BCUT2D eigenvalue weighted by molar-refractivity contribution is -0.127. The van der Waals surface area contributed by atoms with E-state index in [9.17, 15) is 14.9 Å². The van der Waals surface area contributed by atoms with Crippen molar-refractivity contribution in [2.24, 2.45) is 12.5 Å². The Kier molecular flexibility index (Phi) is 9.73. The molecule has 9 nitrogen and oxygen atoms in total. The average Bonchev–Trinajstić information content (AvgIpc) is 3.87. The number of hydrogen-bond donors (Lipinski definition) is 0. The maximum absolute atomic E-state index is 13.3. The van der Waals surface area contributed by atoms with Crippen LogP contribution < -0.4 is 15.0 Å². The number of carbonyl (C=O) groups excluding carboxylic acids is 1. The third-order valence-corrected chi connectivity index (χ3v) is 10.9. The molecule has 2 aromatic carbocycles. The van der Waals surface area contributed by atoms with E-state index in [-0.39, 0.29) is 28.0 Å². The fourth-order valence-electron chi connectivity index (χ4n) is 7.84. The van der Waals surface area contributed by atoms with Gasteiger partial charge < -0.3 is 18.9 Å². The summed E-state index contributed by atoms with van der Waals surface area (Å²) in [6.45, 7) is 15.6. The Morgan fingerprint density at radius 1 is 1.02 bits per heavy atom. The first-order valence-electron chi connectivity index (χ1n) is 17.7. The van der Waals surface area contributed by atoms with Crippen LogP contribution in [0.3, 0.4) is 0 Å². The Balaban J connectivity index is 1.17. The summed E-state index contributed by atoms with van der Waals surface area (Å²) in [6, 6.07) is 12.8. The lowest BCUT2D eigenvalue weighted by Crippen LogP contribution is -2.54. The molecular weight excluding hydrogens is 626 g/mol. The Labute approximate surface area is 296 Å². The number of methoxy groups -OCH3 is 2. The van der Waals surface area contributed by atoms with Gasteiger partial charge in [0, 0.05) is 75.7 Å². The minimum absolute atomic E-state index is 0.0146. The number of aryl methyl sites for hydroxylation is 1. The highest BCUT2D eigenvalue weighted by molar-refractivity contribution is 5.97. The molecule has 1 saturated carbocycles. The number of aromatic nitrogens is 1. The van der Waals surface area contributed by atoms with Gasteiger partial charge in [-0.1, -0.05) is 45.0 Å². The highest BCUT2D eigenvalue weighted by Crippen LogP contribution is 2.47. The molecule has 0 atom stereocenters. The number of carbonyl (C=O) groups is 1. The number of hydrogen-bond acceptors (Lipinski definition) is 7. The Hall–Kier alpha value is -4.39. The molecule has 1 spiro atoms. The average molecular weight is 678 g/mol. The molecule has 1 amide bonds. The van der Waals surface area contributed by atoms with Crippen LogP contribution in [-0.4, -0.2) is 71.1 Å². The second kappa shape index (κ2) is 13.7. The van der Waals surface area contributed by atoms with Gasteiger partial charge in [-0.25, -0.2) is 0 Å². The normalized spacial score (nSPS) is 17.7. The van der Waals surface area contributed by atoms with Crippen LogP contribution in [0.2, 0.25) is 0 Å². The first-order chi connectivity index (χ1) is 23.8. The van der Waals surface area contributed by atoms with Gasteiger partial charge in [0.25, 0.3) is 11.5 Å². The van der Waals surface area contributed by atoms with Crippen molar-refractivity contribution in [2.75, 3.05) is 40.4 Å². The van der Waals surface area contributed by atoms with Gasteiger partial charge in [0.2, 0.25) is 0 Å². The Morgan fingerprint density at radius 3 is 2.34 bits per heavy atom. The molecule has 9 heteroatoms. The molecule has 0 radical (unpaired) electrons. The lowest BCUT2D eigenvalue weighted by Gasteiger charge is -2.43. The molecule has 0 N–H and O–H groups in total. The van der Waals surface area contributed by atoms with Gasteiger partial charge in [-0.2, -0.15) is 5.26 Å². The number of rotatable bonds is 8. The monoisotopic (exact) mass is 677 g/mol. The van der Waals surface area contributed by atoms with Crippen molar-refractivity contribution in [3.8, 4) is 28.7 Å². The molecule has 1 aromatic heterocycles. The summed E-state index contributed by atoms with van der Waals surface area (Å²) in [6.07, 6.45) is 6.80. The maximum atomic E-state index is 13.3. The number of nitrogens with zero attached hydrogens (tertiary/aromatic N) is 5. The van der Waals surface area contributed by atoms with E-state index in [2.05, 4.69) is 46.2 Å². The van der Waals surface area contributed by atoms with Crippen LogP contribution >= 0.6 is 0 Å². The molecule has 3 heterocycles. The molecule has 1 aliphatic carbocycles. The van der Waals surface area contributed by atoms with E-state index in [1.54, 1.807) is 31.9 Å². The van der Waals surface area contributed by atoms with Crippen LogP contribution in [0.4, 0.5) is 0 Å². The first-order valence-corrected chi connectivity index (χ1v) is 17.7. The molecule has 0 bridgehead atoms. The summed E-state index contributed by atoms with van der Waals surface area (Å²) in [4.78, 5) is 32.8. The highest BCUT2D eigenvalue weighted by Gasteiger charge is 2.51. The molecule has 0 unspecified atom stereocenters. The molecule has 2 aliphatic heterocycles. The topological polar surface area (TPSA) is 91.0 Å². The second-order valence-corrected chi connectivity index (χ2v) is 15.5. The molecule has 50 heavy (non-hydrogen) atoms. The Bertz CT molecular complexity index is 1920. The van der Waals surface area contributed by atoms with E-state index in [1.807, 2.05) is 45.7 Å². The third-order valence-electron chi connectivity index (χ3n) is 10.9. The zero-order valence-corrected chi connectivity index (χ0v) is 31.0. The van der Waals surface area contributed by atoms with Gasteiger partial charge in [0.05, 0.1) is 19.8 Å². The van der Waals surface area contributed by atoms with Crippen LogP contribution in [0, 0.1) is 30.6 Å². The number of fused-ring (bicyclic) bond motifs is 1. The summed E-state index contributed by atoms with van der Waals surface area (Å²) < 4.78 is 13.6. The predicted molar refractivity (Wildman–Crippen MR) is 196 cm³/mol. The molecule has 264 valence electrons. The lowest BCUT2D eigenvalue weighted by atomic mass is 9.91. The van der Waals surface area contributed by atoms with E-state index in [1.165, 1.54) is 16.7 Å². The van der Waals surface area contributed by atoms with E-state index in [4.69, 9.17) is 9.47 Å². The highest BCUT2D eigenvalue weighted by atomic mass is 16.5. The van der Waals surface area contributed by atoms with Gasteiger partial charge in [-0.15, -0.1) is 0 Å². The fraction of sp³-hybridized carbons (Fsp3) is 0.488. The van der Waals surface area contributed by atoms with Crippen molar-refractivity contribution in [1.29, 1.82) is 5.26 Å². The van der Waals surface area contributed by atoms with Crippen molar-refractivity contribution in [3.05, 3.63) is 91.9 Å². The van der Waals surface area contributed by atoms with Crippen LogP contribution in [0.15, 0.2) is 53.0 Å². The minimum atomic E-state index is -0.239. The minimum Gasteiger partial charge on any atom is -0.496 e. The molecule has 3 aliphatic rings. The standard InChI is InChI=1S/C41H51N5O4/c1-27-28(2)38(47)43(6)24-34(27)31-18-36(49-7)35(37(19-31)50-8)25-46-17-16-44(26-41(46)13-14-41)22-29-10-9-11-30-23-45(15-12-33(29)30)39(48)32(21-42)20-40(3,4)5/h9-11,18-20,24H,12-17,22-23,25-26H2,1-8H3/b32-20+. The third kappa shape index (κ3) is 6.97. The zero-order valence-electron chi connectivity index (χ0n) is 31.0. The molecule has 6 rings (SSSR count). The molecule has 3 aromatic rings. The van der Waals surface area contributed by atoms with Crippen molar-refractivity contribution in [3.63, 3.8) is 0 Å². The number of pyridine rings is 1. The number of piperazine rings is 1. The zero-order chi connectivity index (χ0) is 36.0. The van der Waals surface area contributed by atoms with Crippen molar-refractivity contribution in [2.45, 2.75) is 79.1 Å². The van der Waals surface area contributed by atoms with Crippen molar-refractivity contribution < 1.29 is 14.3 Å². The van der Waals surface area contributed by atoms with Crippen molar-refractivity contribution in [1.82, 2.24) is 19.3 Å². The van der Waals surface area contributed by atoms with Gasteiger partial charge >= 0.3 is 0 Å². The summed E-state index contributed by atoms with van der Waals surface area (Å²) in [5.74, 6) is 1.41. The molecule has 1 saturated heterocycles. The van der Waals surface area contributed by atoms with Crippen LogP contribution in [0.25, 0.3) is 11.1 Å². The van der Waals surface area contributed by atoms with Crippen LogP contribution in [0.1, 0.15) is 67.0 Å². The van der Waals surface area contributed by atoms with Crippen LogP contribution in [-0.2, 0) is 37.9 Å². The second-order valence-electron chi connectivity index (χ2n) is 15.5. The van der Waals surface area contributed by atoms with E-state index in [0.29, 0.717) is 13.1 Å². The maximum Gasteiger partial charge on any atom is 0.264 e. The SMILES string of the molecule is COc1cc(-c2cn(C)c(=O)c(C)c2C)cc(OC)c1CN1CCN(Cc2cccc3c2CCN(C(=O)/C(C#N)=C/C(C)(C)C)C3)CC12CC2. The number of ether oxygens (including phenoxy) is 2. The van der Waals surface area contributed by atoms with Gasteiger partial charge in [0.15, 0.2) is 0 Å². The summed E-state index contributed by atoms with van der Waals surface area (Å²) >= 11 is 0. The smallest absolute Gasteiger partial charge is 0.264 e. The van der Waals surface area contributed by atoms with Gasteiger partial charge in [-0.05, 0) is 78.5 Å². The molecular formula is C41H51N5O4. The number of nitriles is 1.